The molecule has 0 bridgehead atoms. The second-order valence-electron chi connectivity index (χ2n) is 8.55. The highest BCUT2D eigenvalue weighted by Crippen LogP contribution is 2.30. The van der Waals surface area contributed by atoms with Gasteiger partial charge >= 0.3 is 6.61 Å². The zero-order valence-corrected chi connectivity index (χ0v) is 19.2. The quantitative estimate of drug-likeness (QED) is 0.369. The first-order valence-electron chi connectivity index (χ1n) is 11.4. The van der Waals surface area contributed by atoms with E-state index in [0.29, 0.717) is 18.0 Å². The van der Waals surface area contributed by atoms with Gasteiger partial charge in [0.1, 0.15) is 17.4 Å². The van der Waals surface area contributed by atoms with Crippen molar-refractivity contribution in [2.75, 3.05) is 13.2 Å². The molecule has 0 saturated carbocycles. The van der Waals surface area contributed by atoms with Gasteiger partial charge in [-0.15, -0.1) is 0 Å². The van der Waals surface area contributed by atoms with E-state index < -0.39 is 6.61 Å². The first-order valence-corrected chi connectivity index (χ1v) is 11.4. The zero-order chi connectivity index (χ0) is 23.7. The van der Waals surface area contributed by atoms with Crippen LogP contribution < -0.4 is 4.74 Å². The SMILES string of the molecule is Cc1nc(C2CCOCC2)ncc1-c1ccc2nc(C)n(Cc3ccccc3OC(F)F)c2c1. The van der Waals surface area contributed by atoms with Crippen LogP contribution in [0.25, 0.3) is 22.2 Å². The molecular formula is C26H26F2N4O2. The summed E-state index contributed by atoms with van der Waals surface area (Å²) in [6.45, 7) is 2.91. The number of aryl methyl sites for hydroxylation is 2. The summed E-state index contributed by atoms with van der Waals surface area (Å²) in [5.41, 5.74) is 5.29. The molecular weight excluding hydrogens is 438 g/mol. The van der Waals surface area contributed by atoms with E-state index in [1.54, 1.807) is 18.2 Å². The van der Waals surface area contributed by atoms with Crippen LogP contribution in [0, 0.1) is 13.8 Å². The average Bonchev–Trinajstić information content (AvgIpc) is 3.14. The molecule has 0 amide bonds. The Bertz CT molecular complexity index is 1320. The normalized spacial score (nSPS) is 14.7. The number of hydrogen-bond donors (Lipinski definition) is 0. The third kappa shape index (κ3) is 4.50. The number of hydrogen-bond acceptors (Lipinski definition) is 5. The molecule has 1 aliphatic heterocycles. The van der Waals surface area contributed by atoms with Gasteiger partial charge in [0.15, 0.2) is 0 Å². The van der Waals surface area contributed by atoms with Gasteiger partial charge in [0.2, 0.25) is 0 Å². The molecule has 2 aromatic heterocycles. The Kier molecular flexibility index (Phi) is 6.24. The van der Waals surface area contributed by atoms with Crippen LogP contribution in [-0.2, 0) is 11.3 Å². The fourth-order valence-corrected chi connectivity index (χ4v) is 4.55. The minimum Gasteiger partial charge on any atom is -0.434 e. The molecule has 4 aromatic rings. The van der Waals surface area contributed by atoms with Crippen molar-refractivity contribution >= 4 is 11.0 Å². The molecule has 6 nitrogen and oxygen atoms in total. The summed E-state index contributed by atoms with van der Waals surface area (Å²) in [7, 11) is 0. The van der Waals surface area contributed by atoms with E-state index in [1.807, 2.05) is 42.8 Å². The molecule has 0 spiro atoms. The maximum Gasteiger partial charge on any atom is 0.387 e. The minimum absolute atomic E-state index is 0.169. The Morgan fingerprint density at radius 3 is 2.65 bits per heavy atom. The highest BCUT2D eigenvalue weighted by molar-refractivity contribution is 5.83. The van der Waals surface area contributed by atoms with E-state index >= 15 is 0 Å². The number of nitrogens with zero attached hydrogens (tertiary/aromatic N) is 4. The van der Waals surface area contributed by atoms with Crippen LogP contribution in [0.3, 0.4) is 0 Å². The number of rotatable bonds is 6. The van der Waals surface area contributed by atoms with Crippen LogP contribution in [0.1, 0.15) is 41.7 Å². The Morgan fingerprint density at radius 1 is 1.09 bits per heavy atom. The largest absolute Gasteiger partial charge is 0.434 e. The van der Waals surface area contributed by atoms with Crippen molar-refractivity contribution in [3.8, 4) is 16.9 Å². The summed E-state index contributed by atoms with van der Waals surface area (Å²) in [6.07, 6.45) is 3.79. The van der Waals surface area contributed by atoms with Crippen LogP contribution in [-0.4, -0.2) is 39.3 Å². The van der Waals surface area contributed by atoms with Crippen molar-refractivity contribution in [3.05, 3.63) is 71.6 Å². The number of imidazole rings is 1. The van der Waals surface area contributed by atoms with Crippen molar-refractivity contribution in [1.29, 1.82) is 0 Å². The second kappa shape index (κ2) is 9.46. The fraction of sp³-hybridized carbons (Fsp3) is 0.346. The van der Waals surface area contributed by atoms with Gasteiger partial charge in [-0.25, -0.2) is 15.0 Å². The van der Waals surface area contributed by atoms with E-state index in [-0.39, 0.29) is 5.75 Å². The topological polar surface area (TPSA) is 62.1 Å². The number of ether oxygens (including phenoxy) is 2. The van der Waals surface area contributed by atoms with Crippen LogP contribution in [0.5, 0.6) is 5.75 Å². The summed E-state index contributed by atoms with van der Waals surface area (Å²) in [5, 5.41) is 0. The molecule has 5 rings (SSSR count). The van der Waals surface area contributed by atoms with Gasteiger partial charge in [0.05, 0.1) is 17.6 Å². The molecule has 0 atom stereocenters. The monoisotopic (exact) mass is 464 g/mol. The fourth-order valence-electron chi connectivity index (χ4n) is 4.55. The third-order valence-electron chi connectivity index (χ3n) is 6.35. The van der Waals surface area contributed by atoms with E-state index in [9.17, 15) is 8.78 Å². The molecule has 0 aliphatic carbocycles. The summed E-state index contributed by atoms with van der Waals surface area (Å²) in [5.74, 6) is 2.18. The molecule has 0 unspecified atom stereocenters. The number of para-hydroxylation sites is 1. The number of benzene rings is 2. The van der Waals surface area contributed by atoms with E-state index in [0.717, 1.165) is 65.6 Å². The lowest BCUT2D eigenvalue weighted by atomic mass is 9.98. The number of fused-ring (bicyclic) bond motifs is 1. The lowest BCUT2D eigenvalue weighted by Crippen LogP contribution is -2.16. The average molecular weight is 465 g/mol. The molecule has 8 heteroatoms. The molecule has 3 heterocycles. The van der Waals surface area contributed by atoms with Gasteiger partial charge in [0.25, 0.3) is 0 Å². The minimum atomic E-state index is -2.87. The Labute approximate surface area is 196 Å². The zero-order valence-electron chi connectivity index (χ0n) is 19.2. The van der Waals surface area contributed by atoms with Crippen LogP contribution in [0.15, 0.2) is 48.7 Å². The van der Waals surface area contributed by atoms with Crippen LogP contribution >= 0.6 is 0 Å². The second-order valence-corrected chi connectivity index (χ2v) is 8.55. The van der Waals surface area contributed by atoms with Crippen molar-refractivity contribution in [2.24, 2.45) is 0 Å². The van der Waals surface area contributed by atoms with Crippen molar-refractivity contribution < 1.29 is 18.3 Å². The molecule has 176 valence electrons. The van der Waals surface area contributed by atoms with Crippen molar-refractivity contribution in [1.82, 2.24) is 19.5 Å². The summed E-state index contributed by atoms with van der Waals surface area (Å²) < 4.78 is 38.0. The van der Waals surface area contributed by atoms with Gasteiger partial charge in [-0.3, -0.25) is 0 Å². The maximum atomic E-state index is 12.9. The van der Waals surface area contributed by atoms with Crippen LogP contribution in [0.4, 0.5) is 8.78 Å². The lowest BCUT2D eigenvalue weighted by molar-refractivity contribution is -0.0504. The van der Waals surface area contributed by atoms with Crippen molar-refractivity contribution in [2.45, 2.75) is 45.8 Å². The molecule has 2 aromatic carbocycles. The highest BCUT2D eigenvalue weighted by atomic mass is 19.3. The highest BCUT2D eigenvalue weighted by Gasteiger charge is 2.20. The Balaban J connectivity index is 1.49. The first kappa shape index (κ1) is 22.4. The van der Waals surface area contributed by atoms with Gasteiger partial charge in [-0.1, -0.05) is 24.3 Å². The van der Waals surface area contributed by atoms with Crippen LogP contribution in [0.2, 0.25) is 0 Å². The van der Waals surface area contributed by atoms with E-state index in [4.69, 9.17) is 14.5 Å². The number of halogens is 2. The number of aromatic nitrogens is 4. The maximum absolute atomic E-state index is 12.9. The Hall–Kier alpha value is -3.39. The summed E-state index contributed by atoms with van der Waals surface area (Å²) in [6, 6.07) is 12.9. The summed E-state index contributed by atoms with van der Waals surface area (Å²) >= 11 is 0. The van der Waals surface area contributed by atoms with E-state index in [1.165, 1.54) is 0 Å². The number of alkyl halides is 2. The van der Waals surface area contributed by atoms with Crippen molar-refractivity contribution in [3.63, 3.8) is 0 Å². The predicted molar refractivity (Wildman–Crippen MR) is 125 cm³/mol. The molecule has 1 fully saturated rings. The third-order valence-corrected chi connectivity index (χ3v) is 6.35. The molecule has 0 N–H and O–H groups in total. The lowest BCUT2D eigenvalue weighted by Gasteiger charge is -2.21. The first-order chi connectivity index (χ1) is 16.5. The van der Waals surface area contributed by atoms with Gasteiger partial charge in [-0.05, 0) is 50.5 Å². The van der Waals surface area contributed by atoms with E-state index in [2.05, 4.69) is 16.0 Å². The predicted octanol–water partition coefficient (Wildman–Crippen LogP) is 5.65. The molecule has 34 heavy (non-hydrogen) atoms. The Morgan fingerprint density at radius 2 is 1.88 bits per heavy atom. The summed E-state index contributed by atoms with van der Waals surface area (Å²) in [4.78, 5) is 14.2. The van der Waals surface area contributed by atoms with Gasteiger partial charge in [-0.2, -0.15) is 8.78 Å². The smallest absolute Gasteiger partial charge is 0.387 e. The van der Waals surface area contributed by atoms with Gasteiger partial charge < -0.3 is 14.0 Å². The molecule has 1 saturated heterocycles. The van der Waals surface area contributed by atoms with Gasteiger partial charge in [0, 0.05) is 42.1 Å². The molecule has 1 aliphatic rings. The molecule has 0 radical (unpaired) electrons. The standard InChI is InChI=1S/C26H26F2N4O2/c1-16-21(14-29-25(30-16)18-9-11-33-12-10-18)19-7-8-22-23(13-19)32(17(2)31-22)15-20-5-3-4-6-24(20)34-26(27)28/h3-8,13-14,18,26H,9-12,15H2,1-2H3.